The molecule has 0 spiro atoms. The minimum atomic E-state index is -0.388. The molecule has 1 unspecified atom stereocenters. The first kappa shape index (κ1) is 20.0. The van der Waals surface area contributed by atoms with Gasteiger partial charge < -0.3 is 15.7 Å². The second-order valence-corrected chi connectivity index (χ2v) is 5.12. The largest absolute Gasteiger partial charge is 0.390 e. The average Bonchev–Trinajstić information content (AvgIpc) is 2.42. The third-order valence-corrected chi connectivity index (χ3v) is 3.08. The fourth-order valence-corrected chi connectivity index (χ4v) is 2.05. The van der Waals surface area contributed by atoms with Crippen LogP contribution in [0.5, 0.6) is 0 Å². The summed E-state index contributed by atoms with van der Waals surface area (Å²) in [7, 11) is 0. The highest BCUT2D eigenvalue weighted by Gasteiger charge is 2.06. The van der Waals surface area contributed by atoms with E-state index in [4.69, 9.17) is 0 Å². The minimum absolute atomic E-state index is 0. The van der Waals surface area contributed by atoms with E-state index < -0.39 is 0 Å². The summed E-state index contributed by atoms with van der Waals surface area (Å²) in [5.41, 5.74) is 1.07. The Morgan fingerprint density at radius 1 is 0.952 bits per heavy atom. The molecule has 0 aliphatic carbocycles. The van der Waals surface area contributed by atoms with Crippen LogP contribution < -0.4 is 10.6 Å². The molecule has 0 amide bonds. The molecule has 0 radical (unpaired) electrons. The third-order valence-electron chi connectivity index (χ3n) is 3.08. The van der Waals surface area contributed by atoms with Gasteiger partial charge in [-0.25, -0.2) is 0 Å². The molecule has 0 aliphatic rings. The summed E-state index contributed by atoms with van der Waals surface area (Å²) in [5, 5.41) is 18.9. The molecular formula is C16H24Cl2N2O. The number of nitrogens with one attached hydrogen (secondary N) is 2. The predicted octanol–water partition coefficient (Wildman–Crippen LogP) is 3.45. The zero-order valence-corrected chi connectivity index (χ0v) is 14.0. The molecular weight excluding hydrogens is 307 g/mol. The first-order valence-electron chi connectivity index (χ1n) is 6.80. The van der Waals surface area contributed by atoms with E-state index in [0.717, 1.165) is 5.69 Å². The Kier molecular flexibility index (Phi) is 9.38. The number of fused-ring (bicyclic) bond motifs is 1. The number of aliphatic hydroxyl groups excluding tert-OH is 1. The normalized spacial score (nSPS) is 11.6. The number of benzene rings is 2. The molecule has 118 valence electrons. The lowest BCUT2D eigenvalue weighted by Crippen LogP contribution is -2.35. The Bertz CT molecular complexity index is 529. The first-order valence-corrected chi connectivity index (χ1v) is 6.80. The Morgan fingerprint density at radius 3 is 2.33 bits per heavy atom. The number of aliphatic hydroxyl groups is 1. The number of hydrogen-bond acceptors (Lipinski definition) is 3. The van der Waals surface area contributed by atoms with Crippen molar-refractivity contribution >= 4 is 41.3 Å². The lowest BCUT2D eigenvalue weighted by molar-refractivity contribution is 0.181. The first-order chi connectivity index (χ1) is 9.16. The molecule has 0 aromatic heterocycles. The molecule has 2 aromatic rings. The summed E-state index contributed by atoms with van der Waals surface area (Å²) in [6.45, 7) is 5.30. The number of rotatable bonds is 6. The lowest BCUT2D eigenvalue weighted by Gasteiger charge is -2.16. The second-order valence-electron chi connectivity index (χ2n) is 5.12. The van der Waals surface area contributed by atoms with Gasteiger partial charge in [-0.2, -0.15) is 0 Å². The maximum absolute atomic E-state index is 9.91. The Morgan fingerprint density at radius 2 is 1.62 bits per heavy atom. The Hall–Kier alpha value is -1.000. The van der Waals surface area contributed by atoms with Gasteiger partial charge in [0.25, 0.3) is 0 Å². The quantitative estimate of drug-likeness (QED) is 0.760. The Labute approximate surface area is 139 Å². The fraction of sp³-hybridized carbons (Fsp3) is 0.375. The van der Waals surface area contributed by atoms with Crippen LogP contribution in [0.15, 0.2) is 42.5 Å². The topological polar surface area (TPSA) is 44.3 Å². The van der Waals surface area contributed by atoms with Crippen LogP contribution >= 0.6 is 24.8 Å². The molecule has 2 rings (SSSR count). The van der Waals surface area contributed by atoms with Crippen molar-refractivity contribution in [2.45, 2.75) is 26.0 Å². The van der Waals surface area contributed by atoms with E-state index in [1.54, 1.807) is 0 Å². The van der Waals surface area contributed by atoms with Crippen molar-refractivity contribution in [3.8, 4) is 0 Å². The van der Waals surface area contributed by atoms with Crippen LogP contribution in [0.4, 0.5) is 5.69 Å². The van der Waals surface area contributed by atoms with Gasteiger partial charge in [0, 0.05) is 30.2 Å². The van der Waals surface area contributed by atoms with Crippen molar-refractivity contribution in [2.24, 2.45) is 0 Å². The van der Waals surface area contributed by atoms with Crippen LogP contribution in [0.2, 0.25) is 0 Å². The van der Waals surface area contributed by atoms with Gasteiger partial charge in [-0.3, -0.25) is 0 Å². The molecule has 0 bridgehead atoms. The van der Waals surface area contributed by atoms with Crippen molar-refractivity contribution in [1.29, 1.82) is 0 Å². The van der Waals surface area contributed by atoms with E-state index in [-0.39, 0.29) is 30.9 Å². The summed E-state index contributed by atoms with van der Waals surface area (Å²) in [6, 6.07) is 14.8. The van der Waals surface area contributed by atoms with E-state index >= 15 is 0 Å². The smallest absolute Gasteiger partial charge is 0.0836 e. The van der Waals surface area contributed by atoms with Gasteiger partial charge in [0.15, 0.2) is 0 Å². The fourth-order valence-electron chi connectivity index (χ4n) is 2.05. The predicted molar refractivity (Wildman–Crippen MR) is 96.1 cm³/mol. The Balaban J connectivity index is 0.00000200. The van der Waals surface area contributed by atoms with Crippen LogP contribution in [0, 0.1) is 0 Å². The molecule has 2 aromatic carbocycles. The zero-order valence-electron chi connectivity index (χ0n) is 12.4. The van der Waals surface area contributed by atoms with Crippen LogP contribution in [0.1, 0.15) is 13.8 Å². The van der Waals surface area contributed by atoms with Gasteiger partial charge in [0.1, 0.15) is 0 Å². The highest BCUT2D eigenvalue weighted by molar-refractivity contribution is 5.93. The van der Waals surface area contributed by atoms with Crippen molar-refractivity contribution in [3.05, 3.63) is 42.5 Å². The lowest BCUT2D eigenvalue weighted by atomic mass is 10.1. The van der Waals surface area contributed by atoms with Crippen molar-refractivity contribution in [3.63, 3.8) is 0 Å². The molecule has 0 saturated carbocycles. The number of halogens is 2. The van der Waals surface area contributed by atoms with E-state index in [1.165, 1.54) is 10.8 Å². The number of hydrogen-bond donors (Lipinski definition) is 3. The standard InChI is InChI=1S/C16H22N2O.2ClH/c1-12(2)17-10-14(19)11-18-16-9-5-7-13-6-3-4-8-15(13)16;;/h3-9,12,14,17-19H,10-11H2,1-2H3;2*1H. The van der Waals surface area contributed by atoms with Gasteiger partial charge in [-0.05, 0) is 11.5 Å². The summed E-state index contributed by atoms with van der Waals surface area (Å²) in [4.78, 5) is 0. The molecule has 3 nitrogen and oxygen atoms in total. The van der Waals surface area contributed by atoms with Gasteiger partial charge in [0.2, 0.25) is 0 Å². The summed E-state index contributed by atoms with van der Waals surface area (Å²) < 4.78 is 0. The molecule has 5 heteroatoms. The van der Waals surface area contributed by atoms with E-state index in [2.05, 4.69) is 42.7 Å². The summed E-state index contributed by atoms with van der Waals surface area (Å²) in [6.07, 6.45) is -0.388. The van der Waals surface area contributed by atoms with Crippen molar-refractivity contribution in [1.82, 2.24) is 5.32 Å². The summed E-state index contributed by atoms with van der Waals surface area (Å²) >= 11 is 0. The monoisotopic (exact) mass is 330 g/mol. The van der Waals surface area contributed by atoms with Crippen LogP contribution in [0.3, 0.4) is 0 Å². The molecule has 21 heavy (non-hydrogen) atoms. The molecule has 0 saturated heterocycles. The van der Waals surface area contributed by atoms with Crippen LogP contribution in [-0.4, -0.2) is 30.3 Å². The molecule has 3 N–H and O–H groups in total. The minimum Gasteiger partial charge on any atom is -0.390 e. The van der Waals surface area contributed by atoms with E-state index in [9.17, 15) is 5.11 Å². The van der Waals surface area contributed by atoms with E-state index in [0.29, 0.717) is 19.1 Å². The van der Waals surface area contributed by atoms with Crippen LogP contribution in [0.25, 0.3) is 10.8 Å². The van der Waals surface area contributed by atoms with Gasteiger partial charge >= 0.3 is 0 Å². The second kappa shape index (κ2) is 9.85. The molecule has 0 fully saturated rings. The van der Waals surface area contributed by atoms with E-state index in [1.807, 2.05) is 24.3 Å². The maximum Gasteiger partial charge on any atom is 0.0836 e. The van der Waals surface area contributed by atoms with Crippen LogP contribution in [-0.2, 0) is 0 Å². The van der Waals surface area contributed by atoms with Gasteiger partial charge in [0.05, 0.1) is 6.10 Å². The summed E-state index contributed by atoms with van der Waals surface area (Å²) in [5.74, 6) is 0. The SMILES string of the molecule is CC(C)NCC(O)CNc1cccc2ccccc12.Cl.Cl. The zero-order chi connectivity index (χ0) is 13.7. The highest BCUT2D eigenvalue weighted by atomic mass is 35.5. The van der Waals surface area contributed by atoms with Crippen molar-refractivity contribution in [2.75, 3.05) is 18.4 Å². The molecule has 0 aliphatic heterocycles. The average molecular weight is 331 g/mol. The molecule has 1 atom stereocenters. The maximum atomic E-state index is 9.91. The van der Waals surface area contributed by atoms with Crippen molar-refractivity contribution < 1.29 is 5.11 Å². The molecule has 0 heterocycles. The van der Waals surface area contributed by atoms with Gasteiger partial charge in [-0.1, -0.05) is 50.2 Å². The third kappa shape index (κ3) is 6.10. The highest BCUT2D eigenvalue weighted by Crippen LogP contribution is 2.22. The van der Waals surface area contributed by atoms with Gasteiger partial charge in [-0.15, -0.1) is 24.8 Å². The number of anilines is 1.